The van der Waals surface area contributed by atoms with Gasteiger partial charge in [-0.1, -0.05) is 33.1 Å². The summed E-state index contributed by atoms with van der Waals surface area (Å²) < 4.78 is 0. The zero-order valence-corrected chi connectivity index (χ0v) is 13.8. The standard InChI is InChI=1S/C15H29NS2/c1-4-12-6-5-7-13(10-12)14(16-3)15-11(2)17-8-9-18-15/h11-16H,4-10H2,1-3H3. The van der Waals surface area contributed by atoms with E-state index in [1.54, 1.807) is 0 Å². The maximum absolute atomic E-state index is 3.68. The van der Waals surface area contributed by atoms with Gasteiger partial charge in [-0.3, -0.25) is 0 Å². The fourth-order valence-corrected chi connectivity index (χ4v) is 6.82. The average Bonchev–Trinajstić information content (AvgIpc) is 2.42. The lowest BCUT2D eigenvalue weighted by Gasteiger charge is -2.41. The molecule has 5 unspecified atom stereocenters. The van der Waals surface area contributed by atoms with E-state index in [0.717, 1.165) is 28.4 Å². The van der Waals surface area contributed by atoms with Crippen LogP contribution in [0.3, 0.4) is 0 Å². The molecule has 1 saturated heterocycles. The van der Waals surface area contributed by atoms with Crippen LogP contribution in [-0.4, -0.2) is 35.1 Å². The average molecular weight is 288 g/mol. The topological polar surface area (TPSA) is 12.0 Å². The number of hydrogen-bond acceptors (Lipinski definition) is 3. The molecule has 0 bridgehead atoms. The fraction of sp³-hybridized carbons (Fsp3) is 1.00. The lowest BCUT2D eigenvalue weighted by atomic mass is 9.75. The molecule has 1 N–H and O–H groups in total. The lowest BCUT2D eigenvalue weighted by Crippen LogP contribution is -2.48. The molecule has 2 rings (SSSR count). The monoisotopic (exact) mass is 287 g/mol. The molecule has 106 valence electrons. The van der Waals surface area contributed by atoms with Crippen LogP contribution >= 0.6 is 23.5 Å². The highest BCUT2D eigenvalue weighted by molar-refractivity contribution is 8.07. The van der Waals surface area contributed by atoms with Gasteiger partial charge >= 0.3 is 0 Å². The van der Waals surface area contributed by atoms with Gasteiger partial charge in [0.1, 0.15) is 0 Å². The first kappa shape index (κ1) is 15.1. The van der Waals surface area contributed by atoms with E-state index >= 15 is 0 Å². The minimum absolute atomic E-state index is 0.743. The van der Waals surface area contributed by atoms with Crippen LogP contribution in [0.1, 0.15) is 46.0 Å². The van der Waals surface area contributed by atoms with Gasteiger partial charge in [0, 0.05) is 28.0 Å². The van der Waals surface area contributed by atoms with E-state index in [2.05, 4.69) is 49.7 Å². The van der Waals surface area contributed by atoms with Crippen LogP contribution in [0.25, 0.3) is 0 Å². The van der Waals surface area contributed by atoms with E-state index in [1.165, 1.54) is 43.6 Å². The van der Waals surface area contributed by atoms with Crippen molar-refractivity contribution in [1.29, 1.82) is 0 Å². The molecule has 2 aliphatic rings. The number of nitrogens with one attached hydrogen (secondary N) is 1. The smallest absolute Gasteiger partial charge is 0.0320 e. The van der Waals surface area contributed by atoms with Gasteiger partial charge in [-0.2, -0.15) is 23.5 Å². The molecule has 0 aromatic carbocycles. The second-order valence-electron chi connectivity index (χ2n) is 5.93. The van der Waals surface area contributed by atoms with Crippen LogP contribution in [0.5, 0.6) is 0 Å². The Hall–Kier alpha value is 0.660. The van der Waals surface area contributed by atoms with Crippen molar-refractivity contribution >= 4 is 23.5 Å². The lowest BCUT2D eigenvalue weighted by molar-refractivity contribution is 0.210. The van der Waals surface area contributed by atoms with Crippen LogP contribution in [0, 0.1) is 11.8 Å². The minimum atomic E-state index is 0.743. The van der Waals surface area contributed by atoms with Gasteiger partial charge in [0.25, 0.3) is 0 Å². The molecule has 0 amide bonds. The van der Waals surface area contributed by atoms with Gasteiger partial charge in [0.15, 0.2) is 0 Å². The third-order valence-corrected chi connectivity index (χ3v) is 8.05. The largest absolute Gasteiger partial charge is 0.316 e. The van der Waals surface area contributed by atoms with E-state index in [-0.39, 0.29) is 0 Å². The fourth-order valence-electron chi connectivity index (χ4n) is 3.74. The molecule has 18 heavy (non-hydrogen) atoms. The number of rotatable bonds is 4. The molecule has 2 fully saturated rings. The molecule has 1 aliphatic heterocycles. The normalized spacial score (nSPS) is 39.5. The zero-order valence-electron chi connectivity index (χ0n) is 12.2. The highest BCUT2D eigenvalue weighted by Crippen LogP contribution is 2.40. The van der Waals surface area contributed by atoms with Crippen molar-refractivity contribution in [2.45, 2.75) is 62.5 Å². The molecule has 1 nitrogen and oxygen atoms in total. The maximum atomic E-state index is 3.68. The molecule has 1 heterocycles. The second-order valence-corrected chi connectivity index (χ2v) is 8.70. The Morgan fingerprint density at radius 2 is 2.00 bits per heavy atom. The molecule has 1 aliphatic carbocycles. The van der Waals surface area contributed by atoms with Crippen molar-refractivity contribution in [1.82, 2.24) is 5.32 Å². The van der Waals surface area contributed by atoms with Crippen molar-refractivity contribution in [3.05, 3.63) is 0 Å². The predicted octanol–water partition coefficient (Wildman–Crippen LogP) is 4.03. The van der Waals surface area contributed by atoms with E-state index < -0.39 is 0 Å². The molecule has 3 heteroatoms. The predicted molar refractivity (Wildman–Crippen MR) is 86.8 cm³/mol. The SMILES string of the molecule is CCC1CCCC(C(NC)C2SCCSC2C)C1. The minimum Gasteiger partial charge on any atom is -0.316 e. The van der Waals surface area contributed by atoms with E-state index in [9.17, 15) is 0 Å². The Bertz CT molecular complexity index is 247. The van der Waals surface area contributed by atoms with Crippen molar-refractivity contribution in [2.75, 3.05) is 18.6 Å². The summed E-state index contributed by atoms with van der Waals surface area (Å²) in [5, 5.41) is 5.33. The molecule has 5 atom stereocenters. The quantitative estimate of drug-likeness (QED) is 0.838. The zero-order chi connectivity index (χ0) is 13.0. The highest BCUT2D eigenvalue weighted by atomic mass is 32.2. The van der Waals surface area contributed by atoms with Gasteiger partial charge in [-0.25, -0.2) is 0 Å². The summed E-state index contributed by atoms with van der Waals surface area (Å²) in [6, 6.07) is 0.743. The number of thioether (sulfide) groups is 2. The Kier molecular flexibility index (Phi) is 6.23. The van der Waals surface area contributed by atoms with Gasteiger partial charge in [0.05, 0.1) is 0 Å². The van der Waals surface area contributed by atoms with Crippen LogP contribution in [0.4, 0.5) is 0 Å². The van der Waals surface area contributed by atoms with E-state index in [4.69, 9.17) is 0 Å². The van der Waals surface area contributed by atoms with Crippen molar-refractivity contribution < 1.29 is 0 Å². The van der Waals surface area contributed by atoms with Crippen molar-refractivity contribution in [3.8, 4) is 0 Å². The highest BCUT2D eigenvalue weighted by Gasteiger charge is 2.36. The van der Waals surface area contributed by atoms with Gasteiger partial charge in [0.2, 0.25) is 0 Å². The van der Waals surface area contributed by atoms with E-state index in [0.29, 0.717) is 0 Å². The molecule has 0 spiro atoms. The first-order valence-electron chi connectivity index (χ1n) is 7.66. The van der Waals surface area contributed by atoms with E-state index in [1.807, 2.05) is 0 Å². The third-order valence-electron chi connectivity index (χ3n) is 4.83. The Morgan fingerprint density at radius 3 is 2.67 bits per heavy atom. The van der Waals surface area contributed by atoms with Gasteiger partial charge < -0.3 is 5.32 Å². The Balaban J connectivity index is 1.98. The van der Waals surface area contributed by atoms with Gasteiger partial charge in [-0.15, -0.1) is 0 Å². The van der Waals surface area contributed by atoms with Crippen LogP contribution in [0.2, 0.25) is 0 Å². The summed E-state index contributed by atoms with van der Waals surface area (Å²) in [5.41, 5.74) is 0. The molecule has 0 radical (unpaired) electrons. The summed E-state index contributed by atoms with van der Waals surface area (Å²) in [5.74, 6) is 4.62. The molecule has 0 aromatic rings. The number of hydrogen-bond donors (Lipinski definition) is 1. The van der Waals surface area contributed by atoms with Crippen molar-refractivity contribution in [2.24, 2.45) is 11.8 Å². The van der Waals surface area contributed by atoms with Crippen LogP contribution in [-0.2, 0) is 0 Å². The summed E-state index contributed by atoms with van der Waals surface area (Å²) in [7, 11) is 2.19. The molecule has 1 saturated carbocycles. The van der Waals surface area contributed by atoms with Crippen molar-refractivity contribution in [3.63, 3.8) is 0 Å². The van der Waals surface area contributed by atoms with Gasteiger partial charge in [-0.05, 0) is 31.7 Å². The van der Waals surface area contributed by atoms with Crippen LogP contribution < -0.4 is 5.32 Å². The third kappa shape index (κ3) is 3.61. The first-order chi connectivity index (χ1) is 8.76. The summed E-state index contributed by atoms with van der Waals surface area (Å²) in [6.07, 6.45) is 7.24. The Labute approximate surface area is 122 Å². The second kappa shape index (κ2) is 7.44. The van der Waals surface area contributed by atoms with Crippen LogP contribution in [0.15, 0.2) is 0 Å². The summed E-state index contributed by atoms with van der Waals surface area (Å²) in [4.78, 5) is 0. The Morgan fingerprint density at radius 1 is 1.22 bits per heavy atom. The first-order valence-corrected chi connectivity index (χ1v) is 9.76. The summed E-state index contributed by atoms with van der Waals surface area (Å²) in [6.45, 7) is 4.81. The molecule has 0 aromatic heterocycles. The molecular weight excluding hydrogens is 258 g/mol. The summed E-state index contributed by atoms with van der Waals surface area (Å²) >= 11 is 4.40. The maximum Gasteiger partial charge on any atom is 0.0320 e. The molecular formula is C15H29NS2.